The number of amides is 1. The number of hydrogen-bond acceptors (Lipinski definition) is 4. The van der Waals surface area contributed by atoms with Gasteiger partial charge in [0.25, 0.3) is 0 Å². The van der Waals surface area contributed by atoms with Crippen LogP contribution in [0.3, 0.4) is 0 Å². The summed E-state index contributed by atoms with van der Waals surface area (Å²) in [5.74, 6) is 0.142. The van der Waals surface area contributed by atoms with E-state index in [0.717, 1.165) is 44.5 Å². The highest BCUT2D eigenvalue weighted by Crippen LogP contribution is 2.39. The Kier molecular flexibility index (Phi) is 4.02. The van der Waals surface area contributed by atoms with Crippen LogP contribution < -0.4 is 5.32 Å². The number of pyridine rings is 2. The molecule has 24 heavy (non-hydrogen) atoms. The normalized spacial score (nSPS) is 23.3. The number of carbonyl (C=O) groups is 1. The summed E-state index contributed by atoms with van der Waals surface area (Å²) in [5.41, 5.74) is 2.35. The molecule has 0 saturated carbocycles. The van der Waals surface area contributed by atoms with Gasteiger partial charge in [0.1, 0.15) is 0 Å². The zero-order valence-corrected chi connectivity index (χ0v) is 13.7. The number of piperidine rings is 1. The Balaban J connectivity index is 1.39. The van der Waals surface area contributed by atoms with E-state index in [1.165, 1.54) is 5.56 Å². The average Bonchev–Trinajstić information content (AvgIpc) is 2.95. The highest BCUT2D eigenvalue weighted by atomic mass is 16.2. The van der Waals surface area contributed by atoms with Crippen LogP contribution in [-0.2, 0) is 11.3 Å². The third-order valence-corrected chi connectivity index (χ3v) is 5.38. The standard InChI is InChI=1S/C19H22N4O/c24-18-17(16-3-9-21-10-4-16)13-19(22-18)5-11-23(12-6-19)14-15-1-7-20-8-2-15/h1-4,7-10,17H,5-6,11-14H2,(H,22,24)/t17-/m0/s1. The molecule has 0 unspecified atom stereocenters. The number of nitrogens with zero attached hydrogens (tertiary/aromatic N) is 3. The van der Waals surface area contributed by atoms with Gasteiger partial charge in [-0.3, -0.25) is 19.7 Å². The van der Waals surface area contributed by atoms with Gasteiger partial charge in [-0.2, -0.15) is 0 Å². The molecule has 1 amide bonds. The molecule has 2 saturated heterocycles. The molecule has 2 aliphatic heterocycles. The molecular weight excluding hydrogens is 300 g/mol. The van der Waals surface area contributed by atoms with Gasteiger partial charge in [0.2, 0.25) is 5.91 Å². The summed E-state index contributed by atoms with van der Waals surface area (Å²) in [5, 5.41) is 3.31. The van der Waals surface area contributed by atoms with Crippen molar-refractivity contribution in [1.82, 2.24) is 20.2 Å². The molecule has 2 aromatic heterocycles. The number of likely N-dealkylation sites (tertiary alicyclic amines) is 1. The molecule has 0 radical (unpaired) electrons. The average molecular weight is 322 g/mol. The summed E-state index contributed by atoms with van der Waals surface area (Å²) < 4.78 is 0. The number of rotatable bonds is 3. The number of hydrogen-bond donors (Lipinski definition) is 1. The van der Waals surface area contributed by atoms with E-state index >= 15 is 0 Å². The SMILES string of the molecule is O=C1NC2(CCN(Cc3ccncc3)CC2)C[C@H]1c1ccncc1. The zero-order chi connectivity index (χ0) is 16.4. The van der Waals surface area contributed by atoms with Crippen LogP contribution >= 0.6 is 0 Å². The largest absolute Gasteiger partial charge is 0.350 e. The van der Waals surface area contributed by atoms with Crippen molar-refractivity contribution < 1.29 is 4.79 Å². The summed E-state index contributed by atoms with van der Waals surface area (Å²) in [7, 11) is 0. The second kappa shape index (κ2) is 6.32. The van der Waals surface area contributed by atoms with Crippen LogP contribution in [0.15, 0.2) is 49.1 Å². The topological polar surface area (TPSA) is 58.1 Å². The minimum Gasteiger partial charge on any atom is -0.350 e. The van der Waals surface area contributed by atoms with Crippen LogP contribution in [0.1, 0.15) is 36.3 Å². The van der Waals surface area contributed by atoms with E-state index in [9.17, 15) is 4.79 Å². The van der Waals surface area contributed by atoms with Crippen LogP contribution in [0.5, 0.6) is 0 Å². The molecule has 0 aromatic carbocycles. The Morgan fingerprint density at radius 1 is 1.04 bits per heavy atom. The van der Waals surface area contributed by atoms with Gasteiger partial charge in [-0.05, 0) is 54.7 Å². The number of carbonyl (C=O) groups excluding carboxylic acids is 1. The molecule has 4 rings (SSSR count). The summed E-state index contributed by atoms with van der Waals surface area (Å²) in [6.45, 7) is 3.00. The first-order valence-corrected chi connectivity index (χ1v) is 8.57. The minimum atomic E-state index is -0.0280. The first kappa shape index (κ1) is 15.3. The molecule has 1 N–H and O–H groups in total. The minimum absolute atomic E-state index is 0.0280. The van der Waals surface area contributed by atoms with Crippen LogP contribution in [0, 0.1) is 0 Å². The zero-order valence-electron chi connectivity index (χ0n) is 13.7. The first-order valence-electron chi connectivity index (χ1n) is 8.57. The van der Waals surface area contributed by atoms with Crippen molar-refractivity contribution in [1.29, 1.82) is 0 Å². The predicted octanol–water partition coefficient (Wildman–Crippen LogP) is 2.11. The van der Waals surface area contributed by atoms with Crippen molar-refractivity contribution in [3.63, 3.8) is 0 Å². The highest BCUT2D eigenvalue weighted by molar-refractivity contribution is 5.87. The Hall–Kier alpha value is -2.27. The molecule has 2 aromatic rings. The first-order chi connectivity index (χ1) is 11.7. The van der Waals surface area contributed by atoms with Gasteiger partial charge in [0, 0.05) is 50.0 Å². The van der Waals surface area contributed by atoms with E-state index in [-0.39, 0.29) is 17.4 Å². The maximum atomic E-state index is 12.5. The van der Waals surface area contributed by atoms with E-state index in [1.54, 1.807) is 12.4 Å². The molecule has 2 aliphatic rings. The van der Waals surface area contributed by atoms with Gasteiger partial charge >= 0.3 is 0 Å². The van der Waals surface area contributed by atoms with Gasteiger partial charge in [-0.1, -0.05) is 0 Å². The molecule has 124 valence electrons. The van der Waals surface area contributed by atoms with Gasteiger partial charge in [0.05, 0.1) is 5.92 Å². The molecule has 4 heterocycles. The van der Waals surface area contributed by atoms with E-state index in [0.29, 0.717) is 0 Å². The third kappa shape index (κ3) is 3.04. The van der Waals surface area contributed by atoms with E-state index in [4.69, 9.17) is 0 Å². The third-order valence-electron chi connectivity index (χ3n) is 5.38. The molecular formula is C19H22N4O. The van der Waals surface area contributed by atoms with Crippen molar-refractivity contribution >= 4 is 5.91 Å². The number of aromatic nitrogens is 2. The molecule has 0 aliphatic carbocycles. The second-order valence-electron chi connectivity index (χ2n) is 6.94. The monoisotopic (exact) mass is 322 g/mol. The maximum absolute atomic E-state index is 12.5. The van der Waals surface area contributed by atoms with Gasteiger partial charge < -0.3 is 5.32 Å². The fourth-order valence-corrected chi connectivity index (χ4v) is 3.96. The van der Waals surface area contributed by atoms with Gasteiger partial charge in [0.15, 0.2) is 0 Å². The summed E-state index contributed by atoms with van der Waals surface area (Å²) in [4.78, 5) is 23.1. The molecule has 1 atom stereocenters. The van der Waals surface area contributed by atoms with Crippen LogP contribution in [-0.4, -0.2) is 39.4 Å². The van der Waals surface area contributed by atoms with Crippen molar-refractivity contribution in [2.45, 2.75) is 37.3 Å². The quantitative estimate of drug-likeness (QED) is 0.940. The van der Waals surface area contributed by atoms with Crippen molar-refractivity contribution in [3.05, 3.63) is 60.2 Å². The number of nitrogens with one attached hydrogen (secondary N) is 1. The Morgan fingerprint density at radius 3 is 2.33 bits per heavy atom. The fourth-order valence-electron chi connectivity index (χ4n) is 3.96. The van der Waals surface area contributed by atoms with Crippen molar-refractivity contribution in [3.8, 4) is 0 Å². The summed E-state index contributed by atoms with van der Waals surface area (Å²) in [6, 6.07) is 8.06. The van der Waals surface area contributed by atoms with E-state index < -0.39 is 0 Å². The highest BCUT2D eigenvalue weighted by Gasteiger charge is 2.46. The molecule has 2 fully saturated rings. The Morgan fingerprint density at radius 2 is 1.67 bits per heavy atom. The lowest BCUT2D eigenvalue weighted by atomic mass is 9.82. The van der Waals surface area contributed by atoms with Crippen molar-refractivity contribution in [2.24, 2.45) is 0 Å². The summed E-state index contributed by atoms with van der Waals surface area (Å²) in [6.07, 6.45) is 10.2. The lowest BCUT2D eigenvalue weighted by Gasteiger charge is -2.39. The second-order valence-corrected chi connectivity index (χ2v) is 6.94. The van der Waals surface area contributed by atoms with Gasteiger partial charge in [-0.15, -0.1) is 0 Å². The van der Waals surface area contributed by atoms with Crippen LogP contribution in [0.2, 0.25) is 0 Å². The molecule has 0 bridgehead atoms. The van der Waals surface area contributed by atoms with Gasteiger partial charge in [-0.25, -0.2) is 0 Å². The fraction of sp³-hybridized carbons (Fsp3) is 0.421. The Bertz CT molecular complexity index is 696. The Labute approximate surface area is 142 Å². The predicted molar refractivity (Wildman–Crippen MR) is 91.2 cm³/mol. The van der Waals surface area contributed by atoms with E-state index in [1.807, 2.05) is 24.5 Å². The van der Waals surface area contributed by atoms with Crippen LogP contribution in [0.4, 0.5) is 0 Å². The smallest absolute Gasteiger partial charge is 0.228 e. The molecule has 5 heteroatoms. The molecule has 5 nitrogen and oxygen atoms in total. The van der Waals surface area contributed by atoms with Crippen LogP contribution in [0.25, 0.3) is 0 Å². The maximum Gasteiger partial charge on any atom is 0.228 e. The van der Waals surface area contributed by atoms with Crippen molar-refractivity contribution in [2.75, 3.05) is 13.1 Å². The lowest BCUT2D eigenvalue weighted by Crippen LogP contribution is -2.50. The molecule has 1 spiro atoms. The lowest BCUT2D eigenvalue weighted by molar-refractivity contribution is -0.121. The van der Waals surface area contributed by atoms with E-state index in [2.05, 4.69) is 32.3 Å². The summed E-state index contributed by atoms with van der Waals surface area (Å²) >= 11 is 0.